The highest BCUT2D eigenvalue weighted by atomic mass is 35.5. The van der Waals surface area contributed by atoms with Crippen molar-refractivity contribution in [1.82, 2.24) is 4.98 Å². The number of Topliss-reactive ketones (excluding diaryl/α,β-unsaturated/α-hetero) is 1. The van der Waals surface area contributed by atoms with E-state index >= 15 is 0 Å². The Morgan fingerprint density at radius 2 is 2.05 bits per heavy atom. The first-order valence-electron chi connectivity index (χ1n) is 6.48. The third-order valence-corrected chi connectivity index (χ3v) is 4.42. The molecule has 1 heterocycles. The van der Waals surface area contributed by atoms with E-state index in [1.54, 1.807) is 18.3 Å². The van der Waals surface area contributed by atoms with E-state index in [-0.39, 0.29) is 11.6 Å². The number of carbonyl (C=O) groups excluding carboxylic acids is 2. The van der Waals surface area contributed by atoms with Crippen LogP contribution in [0.1, 0.15) is 31.2 Å². The van der Waals surface area contributed by atoms with Gasteiger partial charge in [0.15, 0.2) is 5.78 Å². The van der Waals surface area contributed by atoms with Crippen LogP contribution < -0.4 is 0 Å². The summed E-state index contributed by atoms with van der Waals surface area (Å²) in [7, 11) is 0. The van der Waals surface area contributed by atoms with Crippen LogP contribution in [0, 0.1) is 5.41 Å². The molecule has 0 N–H and O–H groups in total. The number of hydrogen-bond donors (Lipinski definition) is 0. The Labute approximate surface area is 116 Å². The monoisotopic (exact) mass is 275 g/mol. The molecule has 0 saturated heterocycles. The molecule has 0 amide bonds. The molecule has 0 radical (unpaired) electrons. The molecule has 1 fully saturated rings. The minimum absolute atomic E-state index is 0.148. The van der Waals surface area contributed by atoms with E-state index in [9.17, 15) is 9.59 Å². The van der Waals surface area contributed by atoms with Crippen LogP contribution in [0.25, 0.3) is 0 Å². The first-order chi connectivity index (χ1) is 9.10. The van der Waals surface area contributed by atoms with Crippen molar-refractivity contribution >= 4 is 23.2 Å². The molecule has 0 aromatic carbocycles. The Balaban J connectivity index is 1.96. The van der Waals surface area contributed by atoms with Crippen molar-refractivity contribution in [3.05, 3.63) is 40.7 Å². The zero-order valence-corrected chi connectivity index (χ0v) is 11.2. The van der Waals surface area contributed by atoms with E-state index in [1.165, 1.54) is 0 Å². The number of aromatic nitrogens is 1. The van der Waals surface area contributed by atoms with Gasteiger partial charge in [-0.05, 0) is 37.0 Å². The van der Waals surface area contributed by atoms with Gasteiger partial charge < -0.3 is 0 Å². The van der Waals surface area contributed by atoms with Crippen molar-refractivity contribution in [1.29, 1.82) is 0 Å². The third kappa shape index (κ3) is 2.12. The predicted octanol–water partition coefficient (Wildman–Crippen LogP) is 2.92. The second-order valence-corrected chi connectivity index (χ2v) is 5.69. The summed E-state index contributed by atoms with van der Waals surface area (Å²) in [6.07, 6.45) is 6.44. The molecule has 98 valence electrons. The lowest BCUT2D eigenvalue weighted by Gasteiger charge is -2.32. The average molecular weight is 276 g/mol. The summed E-state index contributed by atoms with van der Waals surface area (Å²) >= 11 is 5.78. The Bertz CT molecular complexity index is 576. The fraction of sp³-hybridized carbons (Fsp3) is 0.400. The second-order valence-electron chi connectivity index (χ2n) is 5.31. The highest BCUT2D eigenvalue weighted by Gasteiger charge is 2.47. The summed E-state index contributed by atoms with van der Waals surface area (Å²) < 4.78 is 0. The number of rotatable bonds is 2. The maximum absolute atomic E-state index is 12.3. The quantitative estimate of drug-likeness (QED) is 0.780. The molecule has 2 aliphatic rings. The number of nitrogens with zero attached hydrogens (tertiary/aromatic N) is 1. The number of pyridine rings is 1. The number of carbonyl (C=O) groups is 2. The normalized spacial score (nSPS) is 26.3. The van der Waals surface area contributed by atoms with E-state index in [0.717, 1.165) is 17.6 Å². The average Bonchev–Trinajstić information content (AvgIpc) is 2.70. The molecular formula is C15H14ClNO2. The maximum Gasteiger partial charge on any atom is 0.155 e. The maximum atomic E-state index is 12.3. The van der Waals surface area contributed by atoms with Gasteiger partial charge in [0.1, 0.15) is 10.9 Å². The molecular weight excluding hydrogens is 262 g/mol. The lowest BCUT2D eigenvalue weighted by atomic mass is 9.70. The minimum Gasteiger partial charge on any atom is -0.299 e. The summed E-state index contributed by atoms with van der Waals surface area (Å²) in [5, 5.41) is 0.452. The highest BCUT2D eigenvalue weighted by Crippen LogP contribution is 2.48. The molecule has 1 saturated carbocycles. The Morgan fingerprint density at radius 3 is 2.79 bits per heavy atom. The molecule has 1 atom stereocenters. The van der Waals surface area contributed by atoms with Crippen LogP contribution in [-0.2, 0) is 16.0 Å². The second kappa shape index (κ2) is 4.57. The molecule has 1 aromatic heterocycles. The molecule has 0 spiro atoms. The van der Waals surface area contributed by atoms with Crippen molar-refractivity contribution < 1.29 is 9.59 Å². The third-order valence-electron chi connectivity index (χ3n) is 4.20. The number of fused-ring (bicyclic) bond motifs is 1. The highest BCUT2D eigenvalue weighted by molar-refractivity contribution is 6.29. The molecule has 3 rings (SSSR count). The summed E-state index contributed by atoms with van der Waals surface area (Å²) in [6.45, 7) is 0. The van der Waals surface area contributed by atoms with E-state index in [0.29, 0.717) is 30.8 Å². The van der Waals surface area contributed by atoms with Crippen molar-refractivity contribution in [2.75, 3.05) is 0 Å². The fourth-order valence-corrected chi connectivity index (χ4v) is 3.29. The summed E-state index contributed by atoms with van der Waals surface area (Å²) in [4.78, 5) is 27.9. The number of ketones is 2. The van der Waals surface area contributed by atoms with Crippen LogP contribution in [0.15, 0.2) is 30.0 Å². The van der Waals surface area contributed by atoms with Gasteiger partial charge >= 0.3 is 0 Å². The largest absolute Gasteiger partial charge is 0.299 e. The van der Waals surface area contributed by atoms with Crippen molar-refractivity contribution in [2.24, 2.45) is 5.41 Å². The van der Waals surface area contributed by atoms with Crippen LogP contribution in [-0.4, -0.2) is 16.6 Å². The number of allylic oxidation sites excluding steroid dienone is 2. The summed E-state index contributed by atoms with van der Waals surface area (Å²) in [6, 6.07) is 3.65. The van der Waals surface area contributed by atoms with Crippen LogP contribution in [0.5, 0.6) is 0 Å². The number of halogens is 1. The first-order valence-corrected chi connectivity index (χ1v) is 6.86. The molecule has 1 aromatic rings. The lowest BCUT2D eigenvalue weighted by molar-refractivity contribution is -0.125. The molecule has 19 heavy (non-hydrogen) atoms. The Hall–Kier alpha value is -1.48. The topological polar surface area (TPSA) is 47.0 Å². The van der Waals surface area contributed by atoms with Gasteiger partial charge in [-0.25, -0.2) is 4.98 Å². The van der Waals surface area contributed by atoms with Crippen LogP contribution in [0.3, 0.4) is 0 Å². The Kier molecular flexibility index (Phi) is 3.02. The van der Waals surface area contributed by atoms with Gasteiger partial charge in [0.25, 0.3) is 0 Å². The van der Waals surface area contributed by atoms with Gasteiger partial charge in [-0.1, -0.05) is 23.2 Å². The van der Waals surface area contributed by atoms with Gasteiger partial charge in [-0.3, -0.25) is 9.59 Å². The molecule has 0 bridgehead atoms. The smallest absolute Gasteiger partial charge is 0.155 e. The fourth-order valence-electron chi connectivity index (χ4n) is 3.18. The SMILES string of the molecule is O=C1C=C2CCC(=O)[C@@]2(Cc2ccc(Cl)nc2)CC1. The summed E-state index contributed by atoms with van der Waals surface area (Å²) in [5.41, 5.74) is 1.56. The van der Waals surface area contributed by atoms with Gasteiger partial charge in [-0.15, -0.1) is 0 Å². The van der Waals surface area contributed by atoms with E-state index < -0.39 is 5.41 Å². The number of hydrogen-bond acceptors (Lipinski definition) is 3. The van der Waals surface area contributed by atoms with Gasteiger partial charge in [0.05, 0.1) is 5.41 Å². The van der Waals surface area contributed by atoms with Crippen molar-refractivity contribution in [3.63, 3.8) is 0 Å². The van der Waals surface area contributed by atoms with Crippen LogP contribution in [0.2, 0.25) is 5.15 Å². The molecule has 0 aliphatic heterocycles. The van der Waals surface area contributed by atoms with Gasteiger partial charge in [0, 0.05) is 19.0 Å². The van der Waals surface area contributed by atoms with Crippen LogP contribution >= 0.6 is 11.6 Å². The van der Waals surface area contributed by atoms with Crippen LogP contribution in [0.4, 0.5) is 0 Å². The van der Waals surface area contributed by atoms with E-state index in [1.807, 2.05) is 6.07 Å². The molecule has 2 aliphatic carbocycles. The van der Waals surface area contributed by atoms with E-state index in [2.05, 4.69) is 4.98 Å². The Morgan fingerprint density at radius 1 is 1.21 bits per heavy atom. The summed E-state index contributed by atoms with van der Waals surface area (Å²) in [5.74, 6) is 0.413. The molecule has 0 unspecified atom stereocenters. The van der Waals surface area contributed by atoms with Crippen molar-refractivity contribution in [3.8, 4) is 0 Å². The van der Waals surface area contributed by atoms with Gasteiger partial charge in [-0.2, -0.15) is 0 Å². The zero-order chi connectivity index (χ0) is 13.5. The standard InChI is InChI=1S/C15H14ClNO2/c16-14-4-1-10(9-17-14)8-15-6-5-12(18)7-11(15)2-3-13(15)19/h1,4,7,9H,2-3,5-6,8H2/t15-/m1/s1. The van der Waals surface area contributed by atoms with Gasteiger partial charge in [0.2, 0.25) is 0 Å². The predicted molar refractivity (Wildman–Crippen MR) is 71.9 cm³/mol. The van der Waals surface area contributed by atoms with E-state index in [4.69, 9.17) is 11.6 Å². The lowest BCUT2D eigenvalue weighted by Crippen LogP contribution is -2.33. The molecule has 3 nitrogen and oxygen atoms in total. The first kappa shape index (κ1) is 12.5. The zero-order valence-electron chi connectivity index (χ0n) is 10.5. The minimum atomic E-state index is -0.455. The van der Waals surface area contributed by atoms with Crippen molar-refractivity contribution in [2.45, 2.75) is 32.1 Å². The molecule has 4 heteroatoms.